The molecule has 1 aromatic heterocycles. The number of rotatable bonds is 8. The monoisotopic (exact) mass is 490 g/mol. The lowest BCUT2D eigenvalue weighted by atomic mass is 10.3. The molecule has 3 rings (SSSR count). The SMILES string of the molecule is CCNC(=NCCCC(=O)NC1CC1)N1CCN(Cc2ccon2)CC1.I. The van der Waals surface area contributed by atoms with Crippen molar-refractivity contribution in [2.75, 3.05) is 39.3 Å². The molecule has 0 atom stereocenters. The van der Waals surface area contributed by atoms with Gasteiger partial charge in [-0.15, -0.1) is 24.0 Å². The van der Waals surface area contributed by atoms with Gasteiger partial charge in [0.15, 0.2) is 5.96 Å². The van der Waals surface area contributed by atoms with Crippen LogP contribution in [0.2, 0.25) is 0 Å². The summed E-state index contributed by atoms with van der Waals surface area (Å²) in [6, 6.07) is 2.36. The number of guanidine groups is 1. The normalized spacial score (nSPS) is 18.1. The zero-order valence-electron chi connectivity index (χ0n) is 16.0. The molecule has 1 aromatic rings. The van der Waals surface area contributed by atoms with E-state index in [0.717, 1.165) is 70.2 Å². The number of hydrogen-bond acceptors (Lipinski definition) is 5. The number of amides is 1. The van der Waals surface area contributed by atoms with Crippen LogP contribution in [-0.2, 0) is 11.3 Å². The van der Waals surface area contributed by atoms with E-state index in [2.05, 4.69) is 32.5 Å². The van der Waals surface area contributed by atoms with Gasteiger partial charge in [0.2, 0.25) is 5.91 Å². The van der Waals surface area contributed by atoms with Gasteiger partial charge in [0.1, 0.15) is 6.26 Å². The van der Waals surface area contributed by atoms with Gasteiger partial charge in [-0.05, 0) is 26.2 Å². The van der Waals surface area contributed by atoms with E-state index < -0.39 is 0 Å². The van der Waals surface area contributed by atoms with E-state index in [1.165, 1.54) is 0 Å². The molecule has 9 heteroatoms. The fraction of sp³-hybridized carbons (Fsp3) is 0.722. The highest BCUT2D eigenvalue weighted by atomic mass is 127. The molecule has 1 saturated heterocycles. The summed E-state index contributed by atoms with van der Waals surface area (Å²) in [5.41, 5.74) is 0.975. The number of nitrogens with zero attached hydrogens (tertiary/aromatic N) is 4. The topological polar surface area (TPSA) is 86.0 Å². The zero-order chi connectivity index (χ0) is 18.2. The Hall–Kier alpha value is -1.36. The average molecular weight is 490 g/mol. The van der Waals surface area contributed by atoms with E-state index >= 15 is 0 Å². The first-order valence-corrected chi connectivity index (χ1v) is 9.69. The molecule has 2 heterocycles. The highest BCUT2D eigenvalue weighted by Crippen LogP contribution is 2.18. The molecule has 27 heavy (non-hydrogen) atoms. The van der Waals surface area contributed by atoms with Crippen LogP contribution in [0.3, 0.4) is 0 Å². The molecule has 0 aromatic carbocycles. The summed E-state index contributed by atoms with van der Waals surface area (Å²) in [4.78, 5) is 21.1. The van der Waals surface area contributed by atoms with Crippen molar-refractivity contribution in [3.63, 3.8) is 0 Å². The summed E-state index contributed by atoms with van der Waals surface area (Å²) < 4.78 is 4.90. The number of nitrogens with one attached hydrogen (secondary N) is 2. The Morgan fingerprint density at radius 3 is 2.74 bits per heavy atom. The molecule has 1 aliphatic heterocycles. The Kier molecular flexibility index (Phi) is 9.32. The second-order valence-electron chi connectivity index (χ2n) is 6.93. The van der Waals surface area contributed by atoms with E-state index in [0.29, 0.717) is 19.0 Å². The number of halogens is 1. The third-order valence-corrected chi connectivity index (χ3v) is 4.65. The summed E-state index contributed by atoms with van der Waals surface area (Å²) in [6.07, 6.45) is 5.24. The minimum Gasteiger partial charge on any atom is -0.364 e. The van der Waals surface area contributed by atoms with E-state index in [9.17, 15) is 4.79 Å². The van der Waals surface area contributed by atoms with Crippen molar-refractivity contribution in [2.45, 2.75) is 45.2 Å². The summed E-state index contributed by atoms with van der Waals surface area (Å²) in [6.45, 7) is 8.26. The molecule has 0 radical (unpaired) electrons. The van der Waals surface area contributed by atoms with Gasteiger partial charge in [0.25, 0.3) is 0 Å². The van der Waals surface area contributed by atoms with Crippen molar-refractivity contribution in [3.05, 3.63) is 18.0 Å². The molecule has 2 fully saturated rings. The van der Waals surface area contributed by atoms with Gasteiger partial charge >= 0.3 is 0 Å². The first-order valence-electron chi connectivity index (χ1n) is 9.69. The van der Waals surface area contributed by atoms with Crippen molar-refractivity contribution in [1.29, 1.82) is 0 Å². The smallest absolute Gasteiger partial charge is 0.220 e. The van der Waals surface area contributed by atoms with Crippen LogP contribution in [0, 0.1) is 0 Å². The van der Waals surface area contributed by atoms with Gasteiger partial charge in [0, 0.05) is 64.3 Å². The molecule has 0 spiro atoms. The number of aromatic nitrogens is 1. The second kappa shape index (κ2) is 11.5. The van der Waals surface area contributed by atoms with Crippen molar-refractivity contribution in [3.8, 4) is 0 Å². The minimum absolute atomic E-state index is 0. The fourth-order valence-electron chi connectivity index (χ4n) is 3.04. The summed E-state index contributed by atoms with van der Waals surface area (Å²) >= 11 is 0. The van der Waals surface area contributed by atoms with Gasteiger partial charge in [-0.3, -0.25) is 14.7 Å². The lowest BCUT2D eigenvalue weighted by Gasteiger charge is -2.36. The maximum atomic E-state index is 11.7. The molecule has 1 amide bonds. The second-order valence-corrected chi connectivity index (χ2v) is 6.93. The third-order valence-electron chi connectivity index (χ3n) is 4.65. The van der Waals surface area contributed by atoms with E-state index in [-0.39, 0.29) is 29.9 Å². The standard InChI is InChI=1S/C18H30N6O2.HI/c1-2-19-18(20-8-3-4-17(25)21-15-5-6-15)24-11-9-23(10-12-24)14-16-7-13-26-22-16;/h7,13,15H,2-6,8-12,14H2,1H3,(H,19,20)(H,21,25);1H. The van der Waals surface area contributed by atoms with Crippen LogP contribution in [0.25, 0.3) is 0 Å². The number of hydrogen-bond donors (Lipinski definition) is 2. The highest BCUT2D eigenvalue weighted by Gasteiger charge is 2.23. The lowest BCUT2D eigenvalue weighted by Crippen LogP contribution is -2.52. The van der Waals surface area contributed by atoms with E-state index in [1.54, 1.807) is 6.26 Å². The maximum Gasteiger partial charge on any atom is 0.220 e. The number of carbonyl (C=O) groups excluding carboxylic acids is 1. The predicted molar refractivity (Wildman–Crippen MR) is 115 cm³/mol. The largest absolute Gasteiger partial charge is 0.364 e. The van der Waals surface area contributed by atoms with Gasteiger partial charge in [-0.1, -0.05) is 5.16 Å². The Bertz CT molecular complexity index is 583. The Morgan fingerprint density at radius 1 is 1.33 bits per heavy atom. The van der Waals surface area contributed by atoms with Crippen molar-refractivity contribution < 1.29 is 9.32 Å². The lowest BCUT2D eigenvalue weighted by molar-refractivity contribution is -0.121. The molecule has 2 aliphatic rings. The summed E-state index contributed by atoms with van der Waals surface area (Å²) in [5, 5.41) is 10.4. The van der Waals surface area contributed by atoms with Crippen LogP contribution in [-0.4, -0.2) is 72.1 Å². The Balaban J connectivity index is 0.00000261. The van der Waals surface area contributed by atoms with Gasteiger partial charge in [0.05, 0.1) is 5.69 Å². The first kappa shape index (κ1) is 21.9. The van der Waals surface area contributed by atoms with Crippen molar-refractivity contribution >= 4 is 35.8 Å². The fourth-order valence-corrected chi connectivity index (χ4v) is 3.04. The van der Waals surface area contributed by atoms with Crippen LogP contribution in [0.5, 0.6) is 0 Å². The molecular weight excluding hydrogens is 459 g/mol. The van der Waals surface area contributed by atoms with Crippen LogP contribution in [0.4, 0.5) is 0 Å². The number of aliphatic imine (C=N–C) groups is 1. The van der Waals surface area contributed by atoms with E-state index in [4.69, 9.17) is 9.52 Å². The molecule has 2 N–H and O–H groups in total. The number of carbonyl (C=O) groups is 1. The maximum absolute atomic E-state index is 11.7. The van der Waals surface area contributed by atoms with E-state index in [1.807, 2.05) is 6.07 Å². The number of piperazine rings is 1. The molecule has 152 valence electrons. The summed E-state index contributed by atoms with van der Waals surface area (Å²) in [5.74, 6) is 1.12. The van der Waals surface area contributed by atoms with Crippen molar-refractivity contribution in [2.24, 2.45) is 4.99 Å². The van der Waals surface area contributed by atoms with Crippen molar-refractivity contribution in [1.82, 2.24) is 25.6 Å². The Labute approximate surface area is 178 Å². The van der Waals surface area contributed by atoms with Gasteiger partial charge in [-0.2, -0.15) is 0 Å². The molecule has 1 aliphatic carbocycles. The van der Waals surface area contributed by atoms with Crippen LogP contribution in [0.1, 0.15) is 38.3 Å². The van der Waals surface area contributed by atoms with Crippen LogP contribution >= 0.6 is 24.0 Å². The van der Waals surface area contributed by atoms with Crippen LogP contribution < -0.4 is 10.6 Å². The zero-order valence-corrected chi connectivity index (χ0v) is 18.4. The molecule has 0 unspecified atom stereocenters. The Morgan fingerprint density at radius 2 is 2.11 bits per heavy atom. The van der Waals surface area contributed by atoms with Gasteiger partial charge < -0.3 is 20.1 Å². The quantitative estimate of drug-likeness (QED) is 0.248. The minimum atomic E-state index is 0. The molecular formula is C18H31IN6O2. The molecule has 0 bridgehead atoms. The molecule has 1 saturated carbocycles. The first-order chi connectivity index (χ1) is 12.7. The third kappa shape index (κ3) is 7.65. The summed E-state index contributed by atoms with van der Waals surface area (Å²) in [7, 11) is 0. The highest BCUT2D eigenvalue weighted by molar-refractivity contribution is 14.0. The average Bonchev–Trinajstić information content (AvgIpc) is 3.31. The predicted octanol–water partition coefficient (Wildman–Crippen LogP) is 1.43. The molecule has 8 nitrogen and oxygen atoms in total. The van der Waals surface area contributed by atoms with Crippen LogP contribution in [0.15, 0.2) is 21.8 Å². The van der Waals surface area contributed by atoms with Gasteiger partial charge in [-0.25, -0.2) is 0 Å².